The first-order valence-corrected chi connectivity index (χ1v) is 6.31. The van der Waals surface area contributed by atoms with Crippen LogP contribution in [-0.4, -0.2) is 43.5 Å². The normalized spacial score (nSPS) is 10.8. The monoisotopic (exact) mass is 317 g/mol. The zero-order chi connectivity index (χ0) is 16.4. The molecule has 0 aromatic carbocycles. The van der Waals surface area contributed by atoms with Crippen molar-refractivity contribution in [3.8, 4) is 6.07 Å². The van der Waals surface area contributed by atoms with Crippen molar-refractivity contribution in [1.82, 2.24) is 4.98 Å². The maximum Gasteiger partial charge on any atom is 0.411 e. The van der Waals surface area contributed by atoms with Gasteiger partial charge in [0.05, 0.1) is 25.1 Å². The van der Waals surface area contributed by atoms with Gasteiger partial charge >= 0.3 is 12.1 Å². The number of aromatic nitrogens is 1. The van der Waals surface area contributed by atoms with Crippen LogP contribution in [0.25, 0.3) is 0 Å². The van der Waals surface area contributed by atoms with Gasteiger partial charge in [-0.2, -0.15) is 18.4 Å². The van der Waals surface area contributed by atoms with Crippen LogP contribution in [0.3, 0.4) is 0 Å². The summed E-state index contributed by atoms with van der Waals surface area (Å²) in [5.74, 6) is -0.292. The fourth-order valence-corrected chi connectivity index (χ4v) is 1.39. The lowest BCUT2D eigenvalue weighted by Crippen LogP contribution is -2.20. The summed E-state index contributed by atoms with van der Waals surface area (Å²) in [6, 6.07) is 5.15. The molecule has 0 bridgehead atoms. The predicted octanol–water partition coefficient (Wildman–Crippen LogP) is 1.88. The number of rotatable bonds is 8. The highest BCUT2D eigenvalue weighted by molar-refractivity contribution is 5.69. The van der Waals surface area contributed by atoms with Gasteiger partial charge in [-0.25, -0.2) is 4.98 Å². The summed E-state index contributed by atoms with van der Waals surface area (Å²) in [6.07, 6.45) is -3.16. The molecule has 6 nitrogen and oxygen atoms in total. The molecule has 1 rings (SSSR count). The van der Waals surface area contributed by atoms with E-state index in [0.29, 0.717) is 11.4 Å². The minimum absolute atomic E-state index is 0.000449. The average molecular weight is 317 g/mol. The van der Waals surface area contributed by atoms with E-state index in [2.05, 4.69) is 15.0 Å². The van der Waals surface area contributed by atoms with E-state index in [9.17, 15) is 18.0 Å². The van der Waals surface area contributed by atoms with Crippen LogP contribution in [0.1, 0.15) is 12.0 Å². The molecule has 1 heterocycles. The number of anilines is 1. The molecule has 9 heteroatoms. The summed E-state index contributed by atoms with van der Waals surface area (Å²) in [6.45, 7) is -1.52. The number of halogens is 3. The second-order valence-electron chi connectivity index (χ2n) is 4.08. The Morgan fingerprint density at radius 3 is 2.86 bits per heavy atom. The van der Waals surface area contributed by atoms with E-state index in [4.69, 9.17) is 10.00 Å². The van der Waals surface area contributed by atoms with Crippen molar-refractivity contribution in [2.24, 2.45) is 0 Å². The number of ether oxygens (including phenoxy) is 2. The molecular weight excluding hydrogens is 303 g/mol. The maximum absolute atomic E-state index is 11.8. The second kappa shape index (κ2) is 8.84. The van der Waals surface area contributed by atoms with Crippen LogP contribution < -0.4 is 5.32 Å². The summed E-state index contributed by atoms with van der Waals surface area (Å²) in [7, 11) is 0. The third kappa shape index (κ3) is 7.44. The Morgan fingerprint density at radius 1 is 1.41 bits per heavy atom. The molecule has 0 unspecified atom stereocenters. The Bertz CT molecular complexity index is 529. The number of alkyl halides is 3. The third-order valence-corrected chi connectivity index (χ3v) is 2.30. The molecule has 0 atom stereocenters. The Balaban J connectivity index is 2.14. The highest BCUT2D eigenvalue weighted by Crippen LogP contribution is 2.14. The topological polar surface area (TPSA) is 84.2 Å². The van der Waals surface area contributed by atoms with Crippen molar-refractivity contribution >= 4 is 11.8 Å². The smallest absolute Gasteiger partial charge is 0.411 e. The van der Waals surface area contributed by atoms with Crippen molar-refractivity contribution in [3.63, 3.8) is 0 Å². The Labute approximate surface area is 124 Å². The number of nitrogens with zero attached hydrogens (tertiary/aromatic N) is 2. The lowest BCUT2D eigenvalue weighted by Gasteiger charge is -2.09. The van der Waals surface area contributed by atoms with E-state index in [0.717, 1.165) is 0 Å². The lowest BCUT2D eigenvalue weighted by atomic mass is 10.3. The summed E-state index contributed by atoms with van der Waals surface area (Å²) in [5, 5.41) is 11.6. The van der Waals surface area contributed by atoms with Crippen LogP contribution in [0.15, 0.2) is 18.3 Å². The Kier molecular flexibility index (Phi) is 7.12. The predicted molar refractivity (Wildman–Crippen MR) is 69.9 cm³/mol. The number of carbonyl (C=O) groups excluding carboxylic acids is 1. The van der Waals surface area contributed by atoms with Gasteiger partial charge in [0.25, 0.3) is 0 Å². The molecule has 0 fully saturated rings. The minimum Gasteiger partial charge on any atom is -0.464 e. The van der Waals surface area contributed by atoms with Crippen LogP contribution in [0.5, 0.6) is 0 Å². The fraction of sp³-hybridized carbons (Fsp3) is 0.462. The van der Waals surface area contributed by atoms with Crippen molar-refractivity contribution in [3.05, 3.63) is 23.9 Å². The largest absolute Gasteiger partial charge is 0.464 e. The molecule has 0 amide bonds. The van der Waals surface area contributed by atoms with Crippen molar-refractivity contribution in [2.45, 2.75) is 12.6 Å². The molecule has 0 aliphatic heterocycles. The highest BCUT2D eigenvalue weighted by Gasteiger charge is 2.27. The highest BCUT2D eigenvalue weighted by atomic mass is 19.4. The van der Waals surface area contributed by atoms with Crippen LogP contribution in [-0.2, 0) is 14.3 Å². The van der Waals surface area contributed by atoms with E-state index in [1.807, 2.05) is 6.07 Å². The van der Waals surface area contributed by atoms with E-state index in [-0.39, 0.29) is 26.2 Å². The van der Waals surface area contributed by atoms with Gasteiger partial charge in [-0.1, -0.05) is 0 Å². The standard InChI is InChI=1S/C13H14F3N3O3/c14-13(15,16)9-21-6-3-11(20)22-7-5-19-12-10(8-17)2-1-4-18-12/h1-2,4H,3,5-7,9H2,(H,18,19). The third-order valence-electron chi connectivity index (χ3n) is 2.30. The number of nitriles is 1. The molecule has 0 saturated heterocycles. The molecule has 0 aliphatic rings. The molecule has 0 saturated carbocycles. The molecule has 0 spiro atoms. The van der Waals surface area contributed by atoms with E-state index >= 15 is 0 Å². The fourth-order valence-electron chi connectivity index (χ4n) is 1.39. The summed E-state index contributed by atoms with van der Waals surface area (Å²) in [5.41, 5.74) is 0.356. The van der Waals surface area contributed by atoms with E-state index in [1.54, 1.807) is 12.1 Å². The lowest BCUT2D eigenvalue weighted by molar-refractivity contribution is -0.176. The van der Waals surface area contributed by atoms with Gasteiger partial charge in [0.2, 0.25) is 0 Å². The van der Waals surface area contributed by atoms with Crippen LogP contribution in [0.2, 0.25) is 0 Å². The van der Waals surface area contributed by atoms with Crippen LogP contribution >= 0.6 is 0 Å². The first kappa shape index (κ1) is 17.7. The molecule has 22 heavy (non-hydrogen) atoms. The van der Waals surface area contributed by atoms with Crippen molar-refractivity contribution in [2.75, 3.05) is 31.7 Å². The number of carbonyl (C=O) groups is 1. The van der Waals surface area contributed by atoms with Gasteiger partial charge < -0.3 is 14.8 Å². The summed E-state index contributed by atoms with van der Waals surface area (Å²) < 4.78 is 44.4. The zero-order valence-electron chi connectivity index (χ0n) is 11.5. The molecule has 1 aromatic rings. The van der Waals surface area contributed by atoms with Gasteiger partial charge in [-0.05, 0) is 12.1 Å². The summed E-state index contributed by atoms with van der Waals surface area (Å²) in [4.78, 5) is 15.2. The zero-order valence-corrected chi connectivity index (χ0v) is 11.5. The molecule has 120 valence electrons. The first-order chi connectivity index (χ1) is 10.4. The summed E-state index contributed by atoms with van der Waals surface area (Å²) >= 11 is 0. The number of hydrogen-bond acceptors (Lipinski definition) is 6. The van der Waals surface area contributed by atoms with Crippen molar-refractivity contribution in [1.29, 1.82) is 5.26 Å². The van der Waals surface area contributed by atoms with Crippen LogP contribution in [0, 0.1) is 11.3 Å². The molecule has 0 aliphatic carbocycles. The van der Waals surface area contributed by atoms with Gasteiger partial charge in [-0.15, -0.1) is 0 Å². The maximum atomic E-state index is 11.8. The number of hydrogen-bond donors (Lipinski definition) is 1. The first-order valence-electron chi connectivity index (χ1n) is 6.31. The number of pyridine rings is 1. The Morgan fingerprint density at radius 2 is 2.18 bits per heavy atom. The quantitative estimate of drug-likeness (QED) is 0.582. The molecule has 0 radical (unpaired) electrons. The van der Waals surface area contributed by atoms with Gasteiger partial charge in [0, 0.05) is 6.20 Å². The average Bonchev–Trinajstić information content (AvgIpc) is 2.47. The number of esters is 1. The SMILES string of the molecule is N#Cc1cccnc1NCCOC(=O)CCOCC(F)(F)F. The molecule has 1 aromatic heterocycles. The van der Waals surface area contributed by atoms with Gasteiger partial charge in [0.15, 0.2) is 0 Å². The minimum atomic E-state index is -4.41. The van der Waals surface area contributed by atoms with Gasteiger partial charge in [0.1, 0.15) is 25.1 Å². The number of nitrogens with one attached hydrogen (secondary N) is 1. The van der Waals surface area contributed by atoms with Crippen LogP contribution in [0.4, 0.5) is 19.0 Å². The van der Waals surface area contributed by atoms with Crippen molar-refractivity contribution < 1.29 is 27.4 Å². The molecule has 1 N–H and O–H groups in total. The Hall–Kier alpha value is -2.34. The van der Waals surface area contributed by atoms with E-state index in [1.165, 1.54) is 6.20 Å². The molecular formula is C13H14F3N3O3. The van der Waals surface area contributed by atoms with Gasteiger partial charge in [-0.3, -0.25) is 4.79 Å². The second-order valence-corrected chi connectivity index (χ2v) is 4.08. The van der Waals surface area contributed by atoms with E-state index < -0.39 is 18.8 Å².